The SMILES string of the molecule is Cc1ccnc2c1[nH]c(=S)n2-c1ccccc1Cl. The van der Waals surface area contributed by atoms with Gasteiger partial charge in [-0.25, -0.2) is 4.98 Å². The Labute approximate surface area is 114 Å². The average Bonchev–Trinajstić information content (AvgIpc) is 2.68. The first-order valence-corrected chi connectivity index (χ1v) is 6.28. The lowest BCUT2D eigenvalue weighted by Crippen LogP contribution is -1.96. The highest BCUT2D eigenvalue weighted by atomic mass is 35.5. The van der Waals surface area contributed by atoms with Crippen LogP contribution in [0.3, 0.4) is 0 Å². The number of hydrogen-bond acceptors (Lipinski definition) is 2. The summed E-state index contributed by atoms with van der Waals surface area (Å²) in [4.78, 5) is 7.56. The minimum Gasteiger partial charge on any atom is -0.329 e. The van der Waals surface area contributed by atoms with Crippen LogP contribution in [-0.4, -0.2) is 14.5 Å². The van der Waals surface area contributed by atoms with Gasteiger partial charge in [-0.3, -0.25) is 4.57 Å². The summed E-state index contributed by atoms with van der Waals surface area (Å²) in [5, 5.41) is 0.651. The molecule has 0 saturated carbocycles. The first-order chi connectivity index (χ1) is 8.68. The molecule has 18 heavy (non-hydrogen) atoms. The fourth-order valence-electron chi connectivity index (χ4n) is 1.98. The highest BCUT2D eigenvalue weighted by molar-refractivity contribution is 7.71. The van der Waals surface area contributed by atoms with E-state index in [1.807, 2.05) is 41.8 Å². The van der Waals surface area contributed by atoms with Gasteiger partial charge in [-0.1, -0.05) is 23.7 Å². The molecule has 3 aromatic rings. The molecule has 0 aliphatic heterocycles. The van der Waals surface area contributed by atoms with Crippen LogP contribution in [0.25, 0.3) is 16.9 Å². The number of pyridine rings is 1. The van der Waals surface area contributed by atoms with Crippen LogP contribution >= 0.6 is 23.8 Å². The van der Waals surface area contributed by atoms with Gasteiger partial charge in [-0.05, 0) is 42.9 Å². The third-order valence-corrected chi connectivity index (χ3v) is 3.48. The smallest absolute Gasteiger partial charge is 0.184 e. The normalized spacial score (nSPS) is 11.0. The van der Waals surface area contributed by atoms with Crippen molar-refractivity contribution in [2.45, 2.75) is 6.92 Å². The molecule has 0 spiro atoms. The van der Waals surface area contributed by atoms with Crippen LogP contribution in [-0.2, 0) is 0 Å². The second-order valence-corrected chi connectivity index (χ2v) is 4.84. The van der Waals surface area contributed by atoms with Crippen molar-refractivity contribution < 1.29 is 0 Å². The van der Waals surface area contributed by atoms with Gasteiger partial charge >= 0.3 is 0 Å². The van der Waals surface area contributed by atoms with Gasteiger partial charge in [0, 0.05) is 6.20 Å². The maximum absolute atomic E-state index is 6.22. The molecule has 2 heterocycles. The Morgan fingerprint density at radius 2 is 2.06 bits per heavy atom. The number of H-pyrrole nitrogens is 1. The van der Waals surface area contributed by atoms with Gasteiger partial charge < -0.3 is 4.98 Å². The van der Waals surface area contributed by atoms with Crippen LogP contribution in [0.4, 0.5) is 0 Å². The lowest BCUT2D eigenvalue weighted by atomic mass is 10.2. The van der Waals surface area contributed by atoms with E-state index in [1.54, 1.807) is 6.20 Å². The Bertz CT molecular complexity index is 788. The van der Waals surface area contributed by atoms with Crippen LogP contribution in [0.15, 0.2) is 36.5 Å². The van der Waals surface area contributed by atoms with Crippen LogP contribution in [0, 0.1) is 11.7 Å². The van der Waals surface area contributed by atoms with Gasteiger partial charge in [-0.2, -0.15) is 0 Å². The van der Waals surface area contributed by atoms with Crippen LogP contribution in [0.1, 0.15) is 5.56 Å². The number of imidazole rings is 1. The maximum Gasteiger partial charge on any atom is 0.184 e. The van der Waals surface area contributed by atoms with E-state index < -0.39 is 0 Å². The monoisotopic (exact) mass is 275 g/mol. The summed E-state index contributed by atoms with van der Waals surface area (Å²) >= 11 is 11.6. The molecule has 0 unspecified atom stereocenters. The van der Waals surface area contributed by atoms with Crippen molar-refractivity contribution >= 4 is 35.0 Å². The van der Waals surface area contributed by atoms with E-state index in [1.165, 1.54) is 0 Å². The summed E-state index contributed by atoms with van der Waals surface area (Å²) in [6.07, 6.45) is 1.77. The summed E-state index contributed by atoms with van der Waals surface area (Å²) in [6, 6.07) is 9.54. The van der Waals surface area contributed by atoms with E-state index in [0.29, 0.717) is 9.79 Å². The number of rotatable bonds is 1. The first-order valence-electron chi connectivity index (χ1n) is 5.50. The molecule has 0 saturated heterocycles. The molecule has 2 aromatic heterocycles. The van der Waals surface area contributed by atoms with Gasteiger partial charge in [0.1, 0.15) is 0 Å². The highest BCUT2D eigenvalue weighted by Crippen LogP contribution is 2.25. The molecule has 0 radical (unpaired) electrons. The molecular formula is C13H10ClN3S. The average molecular weight is 276 g/mol. The lowest BCUT2D eigenvalue weighted by Gasteiger charge is -2.05. The number of aryl methyl sites for hydroxylation is 1. The number of nitrogens with zero attached hydrogens (tertiary/aromatic N) is 2. The van der Waals surface area contributed by atoms with E-state index >= 15 is 0 Å². The van der Waals surface area contributed by atoms with Crippen molar-refractivity contribution in [2.24, 2.45) is 0 Å². The van der Waals surface area contributed by atoms with E-state index in [0.717, 1.165) is 22.4 Å². The Hall–Kier alpha value is -1.65. The Morgan fingerprint density at radius 3 is 2.83 bits per heavy atom. The molecule has 90 valence electrons. The molecule has 0 amide bonds. The second kappa shape index (κ2) is 4.23. The molecule has 3 nitrogen and oxygen atoms in total. The van der Waals surface area contributed by atoms with Crippen molar-refractivity contribution in [3.8, 4) is 5.69 Å². The van der Waals surface area contributed by atoms with Crippen molar-refractivity contribution in [2.75, 3.05) is 0 Å². The highest BCUT2D eigenvalue weighted by Gasteiger charge is 2.11. The Kier molecular flexibility index (Phi) is 2.69. The number of aromatic nitrogens is 3. The van der Waals surface area contributed by atoms with Crippen LogP contribution in [0.2, 0.25) is 5.02 Å². The Balaban J connectivity index is 2.44. The topological polar surface area (TPSA) is 33.6 Å². The third-order valence-electron chi connectivity index (χ3n) is 2.88. The number of hydrogen-bond donors (Lipinski definition) is 1. The Morgan fingerprint density at radius 1 is 1.28 bits per heavy atom. The second-order valence-electron chi connectivity index (χ2n) is 4.04. The van der Waals surface area contributed by atoms with Gasteiger partial charge in [-0.15, -0.1) is 0 Å². The van der Waals surface area contributed by atoms with Crippen molar-refractivity contribution in [3.05, 3.63) is 51.9 Å². The fraction of sp³-hybridized carbons (Fsp3) is 0.0769. The molecular weight excluding hydrogens is 266 g/mol. The minimum absolute atomic E-state index is 0.597. The van der Waals surface area contributed by atoms with E-state index in [4.69, 9.17) is 23.8 Å². The minimum atomic E-state index is 0.597. The van der Waals surface area contributed by atoms with Crippen molar-refractivity contribution in [1.29, 1.82) is 0 Å². The summed E-state index contributed by atoms with van der Waals surface area (Å²) in [5.41, 5.74) is 3.70. The standard InChI is InChI=1S/C13H10ClN3S/c1-8-6-7-15-12-11(8)16-13(18)17(12)10-5-3-2-4-9(10)14/h2-7H,1H3,(H,16,18). The predicted molar refractivity (Wildman–Crippen MR) is 76.0 cm³/mol. The predicted octanol–water partition coefficient (Wildman–Crippen LogP) is 4.04. The number of benzene rings is 1. The van der Waals surface area contributed by atoms with Gasteiger partial charge in [0.05, 0.1) is 16.2 Å². The molecule has 0 fully saturated rings. The van der Waals surface area contributed by atoms with Crippen LogP contribution < -0.4 is 0 Å². The molecule has 0 atom stereocenters. The summed E-state index contributed by atoms with van der Waals surface area (Å²) in [6.45, 7) is 2.02. The quantitative estimate of drug-likeness (QED) is 0.680. The third kappa shape index (κ3) is 1.65. The maximum atomic E-state index is 6.22. The van der Waals surface area contributed by atoms with Crippen molar-refractivity contribution in [3.63, 3.8) is 0 Å². The number of para-hydroxylation sites is 1. The molecule has 1 N–H and O–H groups in total. The number of halogens is 1. The van der Waals surface area contributed by atoms with Crippen LogP contribution in [0.5, 0.6) is 0 Å². The lowest BCUT2D eigenvalue weighted by molar-refractivity contribution is 1.04. The van der Waals surface area contributed by atoms with Gasteiger partial charge in [0.25, 0.3) is 0 Å². The zero-order valence-electron chi connectivity index (χ0n) is 9.64. The summed E-state index contributed by atoms with van der Waals surface area (Å²) in [7, 11) is 0. The molecule has 3 rings (SSSR count). The largest absolute Gasteiger partial charge is 0.329 e. The van der Waals surface area contributed by atoms with E-state index in [-0.39, 0.29) is 0 Å². The molecule has 5 heteroatoms. The number of nitrogens with one attached hydrogen (secondary N) is 1. The van der Waals surface area contributed by atoms with Gasteiger partial charge in [0.2, 0.25) is 0 Å². The molecule has 1 aromatic carbocycles. The molecule has 0 aliphatic carbocycles. The molecule has 0 aliphatic rings. The number of fused-ring (bicyclic) bond motifs is 1. The summed E-state index contributed by atoms with van der Waals surface area (Å²) < 4.78 is 2.46. The van der Waals surface area contributed by atoms with E-state index in [9.17, 15) is 0 Å². The molecule has 0 bridgehead atoms. The zero-order chi connectivity index (χ0) is 12.7. The fourth-order valence-corrected chi connectivity index (χ4v) is 2.49. The zero-order valence-corrected chi connectivity index (χ0v) is 11.2. The van der Waals surface area contributed by atoms with E-state index in [2.05, 4.69) is 9.97 Å². The summed E-state index contributed by atoms with van der Waals surface area (Å²) in [5.74, 6) is 0. The number of aromatic amines is 1. The first kappa shape index (κ1) is 11.4. The van der Waals surface area contributed by atoms with Crippen molar-refractivity contribution in [1.82, 2.24) is 14.5 Å². The van der Waals surface area contributed by atoms with Gasteiger partial charge in [0.15, 0.2) is 10.4 Å².